The molecule has 0 fully saturated rings. The van der Waals surface area contributed by atoms with Crippen molar-refractivity contribution in [3.63, 3.8) is 0 Å². The van der Waals surface area contributed by atoms with Gasteiger partial charge in [-0.3, -0.25) is 0 Å². The Balaban J connectivity index is 2.84. The minimum absolute atomic E-state index is 0.0388. The van der Waals surface area contributed by atoms with Gasteiger partial charge in [0.15, 0.2) is 0 Å². The first-order chi connectivity index (χ1) is 8.32. The van der Waals surface area contributed by atoms with Crippen molar-refractivity contribution in [1.29, 1.82) is 0 Å². The van der Waals surface area contributed by atoms with E-state index >= 15 is 0 Å². The van der Waals surface area contributed by atoms with Crippen LogP contribution in [0.15, 0.2) is 18.2 Å². The molecule has 0 aromatic heterocycles. The molecule has 98 valence electrons. The number of carboxylic acid groups (broad SMARTS) is 1. The zero-order valence-corrected chi connectivity index (χ0v) is 10.5. The van der Waals surface area contributed by atoms with Crippen LogP contribution in [0.1, 0.15) is 24.2 Å². The van der Waals surface area contributed by atoms with E-state index in [0.29, 0.717) is 5.69 Å². The van der Waals surface area contributed by atoms with Crippen LogP contribution in [-0.2, 0) is 0 Å². The van der Waals surface area contributed by atoms with E-state index in [4.69, 9.17) is 5.11 Å². The number of hydrogen-bond acceptors (Lipinski definition) is 3. The molecule has 0 heterocycles. The number of carboxylic acids is 1. The maximum absolute atomic E-state index is 11.7. The summed E-state index contributed by atoms with van der Waals surface area (Å²) in [6.07, 6.45) is 0. The summed E-state index contributed by atoms with van der Waals surface area (Å²) in [7, 11) is 1.64. The molecule has 0 saturated carbocycles. The minimum atomic E-state index is -1.22. The smallest absolute Gasteiger partial charge is 0.339 e. The molecule has 3 N–H and O–H groups in total. The molecule has 1 rings (SSSR count). The van der Waals surface area contributed by atoms with Crippen molar-refractivity contribution in [2.24, 2.45) is 0 Å². The number of carbonyl (C=O) groups is 2. The van der Waals surface area contributed by atoms with Crippen molar-refractivity contribution in [2.75, 3.05) is 12.4 Å². The molecular weight excluding hydrogens is 236 g/mol. The molecule has 0 aliphatic carbocycles. The molecule has 0 aliphatic rings. The summed E-state index contributed by atoms with van der Waals surface area (Å²) in [6.45, 7) is 3.73. The highest BCUT2D eigenvalue weighted by atomic mass is 16.4. The first-order valence-corrected chi connectivity index (χ1v) is 5.43. The van der Waals surface area contributed by atoms with Crippen LogP contribution in [-0.4, -0.2) is 40.2 Å². The van der Waals surface area contributed by atoms with E-state index in [9.17, 15) is 14.7 Å². The van der Waals surface area contributed by atoms with E-state index in [1.165, 1.54) is 23.1 Å². The van der Waals surface area contributed by atoms with Gasteiger partial charge in [0, 0.05) is 24.8 Å². The average Bonchev–Trinajstić information content (AvgIpc) is 2.27. The first-order valence-electron chi connectivity index (χ1n) is 5.43. The lowest BCUT2D eigenvalue weighted by atomic mass is 10.2. The Labute approximate surface area is 105 Å². The number of amides is 2. The molecule has 6 heteroatoms. The lowest BCUT2D eigenvalue weighted by Crippen LogP contribution is -2.36. The number of anilines is 1. The molecule has 6 nitrogen and oxygen atoms in total. The van der Waals surface area contributed by atoms with E-state index in [1.54, 1.807) is 7.05 Å². The van der Waals surface area contributed by atoms with Crippen LogP contribution in [0.5, 0.6) is 5.75 Å². The number of benzene rings is 1. The predicted molar refractivity (Wildman–Crippen MR) is 67.0 cm³/mol. The third kappa shape index (κ3) is 3.13. The topological polar surface area (TPSA) is 89.9 Å². The summed E-state index contributed by atoms with van der Waals surface area (Å²) in [4.78, 5) is 23.9. The molecule has 0 unspecified atom stereocenters. The zero-order valence-electron chi connectivity index (χ0n) is 10.5. The maximum Gasteiger partial charge on any atom is 0.339 e. The zero-order chi connectivity index (χ0) is 13.9. The minimum Gasteiger partial charge on any atom is -0.507 e. The fourth-order valence-corrected chi connectivity index (χ4v) is 1.24. The van der Waals surface area contributed by atoms with Gasteiger partial charge in [-0.15, -0.1) is 0 Å². The third-order valence-corrected chi connectivity index (χ3v) is 2.57. The van der Waals surface area contributed by atoms with E-state index in [1.807, 2.05) is 13.8 Å². The van der Waals surface area contributed by atoms with Crippen molar-refractivity contribution in [3.05, 3.63) is 23.8 Å². The van der Waals surface area contributed by atoms with Gasteiger partial charge in [-0.2, -0.15) is 0 Å². The average molecular weight is 252 g/mol. The Kier molecular flexibility index (Phi) is 4.14. The normalized spacial score (nSPS) is 10.2. The molecule has 2 amide bonds. The van der Waals surface area contributed by atoms with Crippen LogP contribution in [0.25, 0.3) is 0 Å². The summed E-state index contributed by atoms with van der Waals surface area (Å²) in [5, 5.41) is 20.8. The Hall–Kier alpha value is -2.24. The molecule has 0 atom stereocenters. The maximum atomic E-state index is 11.7. The molecule has 0 aliphatic heterocycles. The predicted octanol–water partition coefficient (Wildman–Crippen LogP) is 1.96. The molecule has 1 aromatic carbocycles. The molecule has 1 aromatic rings. The van der Waals surface area contributed by atoms with Crippen LogP contribution < -0.4 is 5.32 Å². The fraction of sp³-hybridized carbons (Fsp3) is 0.333. The molecule has 18 heavy (non-hydrogen) atoms. The highest BCUT2D eigenvalue weighted by Crippen LogP contribution is 2.22. The number of aromatic carboxylic acids is 1. The lowest BCUT2D eigenvalue weighted by Gasteiger charge is -2.21. The van der Waals surface area contributed by atoms with Crippen LogP contribution in [0.2, 0.25) is 0 Å². The highest BCUT2D eigenvalue weighted by molar-refractivity contribution is 5.93. The van der Waals surface area contributed by atoms with Gasteiger partial charge < -0.3 is 20.4 Å². The van der Waals surface area contributed by atoms with Gasteiger partial charge >= 0.3 is 12.0 Å². The highest BCUT2D eigenvalue weighted by Gasteiger charge is 2.14. The number of nitrogens with zero attached hydrogens (tertiary/aromatic N) is 1. The second-order valence-corrected chi connectivity index (χ2v) is 4.17. The van der Waals surface area contributed by atoms with Gasteiger partial charge in [0.1, 0.15) is 11.3 Å². The van der Waals surface area contributed by atoms with Crippen molar-refractivity contribution in [2.45, 2.75) is 19.9 Å². The summed E-state index contributed by atoms with van der Waals surface area (Å²) in [6, 6.07) is 3.58. The fourth-order valence-electron chi connectivity index (χ4n) is 1.24. The number of hydrogen-bond donors (Lipinski definition) is 3. The first kappa shape index (κ1) is 13.8. The van der Waals surface area contributed by atoms with Crippen molar-refractivity contribution in [1.82, 2.24) is 4.90 Å². The lowest BCUT2D eigenvalue weighted by molar-refractivity contribution is 0.0694. The largest absolute Gasteiger partial charge is 0.507 e. The van der Waals surface area contributed by atoms with Gasteiger partial charge in [0.25, 0.3) is 0 Å². The van der Waals surface area contributed by atoms with Gasteiger partial charge in [-0.1, -0.05) is 0 Å². The standard InChI is InChI=1S/C12H16N2O4/c1-7(2)14(3)12(18)13-8-4-5-9(11(16)17)10(15)6-8/h4-7,15H,1-3H3,(H,13,18)(H,16,17). The van der Waals surface area contributed by atoms with Gasteiger partial charge in [-0.25, -0.2) is 9.59 Å². The van der Waals surface area contributed by atoms with Crippen molar-refractivity contribution < 1.29 is 19.8 Å². The van der Waals surface area contributed by atoms with Crippen molar-refractivity contribution in [3.8, 4) is 5.75 Å². The van der Waals surface area contributed by atoms with Crippen LogP contribution in [0.3, 0.4) is 0 Å². The molecule has 0 radical (unpaired) electrons. The molecule has 0 bridgehead atoms. The van der Waals surface area contributed by atoms with E-state index in [2.05, 4.69) is 5.32 Å². The SMILES string of the molecule is CC(C)N(C)C(=O)Nc1ccc(C(=O)O)c(O)c1. The van der Waals surface area contributed by atoms with E-state index < -0.39 is 5.97 Å². The summed E-state index contributed by atoms with van der Waals surface area (Å²) < 4.78 is 0. The van der Waals surface area contributed by atoms with Gasteiger partial charge in [0.05, 0.1) is 0 Å². The third-order valence-electron chi connectivity index (χ3n) is 2.57. The van der Waals surface area contributed by atoms with Crippen LogP contribution in [0.4, 0.5) is 10.5 Å². The Morgan fingerprint density at radius 3 is 2.39 bits per heavy atom. The van der Waals surface area contributed by atoms with E-state index in [0.717, 1.165) is 0 Å². The van der Waals surface area contributed by atoms with Gasteiger partial charge in [-0.05, 0) is 26.0 Å². The number of phenols is 1. The van der Waals surface area contributed by atoms with Crippen molar-refractivity contribution >= 4 is 17.7 Å². The number of aromatic hydroxyl groups is 1. The Morgan fingerprint density at radius 2 is 1.94 bits per heavy atom. The number of carbonyl (C=O) groups excluding carboxylic acids is 1. The Morgan fingerprint density at radius 1 is 1.33 bits per heavy atom. The monoisotopic (exact) mass is 252 g/mol. The summed E-state index contributed by atoms with van der Waals surface area (Å²) in [5.41, 5.74) is 0.139. The molecule has 0 spiro atoms. The van der Waals surface area contributed by atoms with Crippen LogP contribution >= 0.6 is 0 Å². The molecule has 0 saturated heterocycles. The Bertz CT molecular complexity index is 471. The second-order valence-electron chi connectivity index (χ2n) is 4.17. The van der Waals surface area contributed by atoms with E-state index in [-0.39, 0.29) is 23.4 Å². The molecular formula is C12H16N2O4. The van der Waals surface area contributed by atoms with Crippen LogP contribution in [0, 0.1) is 0 Å². The number of rotatable bonds is 3. The summed E-state index contributed by atoms with van der Waals surface area (Å²) in [5.74, 6) is -1.60. The quantitative estimate of drug-likeness (QED) is 0.767. The summed E-state index contributed by atoms with van der Waals surface area (Å²) >= 11 is 0. The van der Waals surface area contributed by atoms with Gasteiger partial charge in [0.2, 0.25) is 0 Å². The number of nitrogens with one attached hydrogen (secondary N) is 1. The number of urea groups is 1. The second kappa shape index (κ2) is 5.39.